The van der Waals surface area contributed by atoms with Crippen LogP contribution in [0.3, 0.4) is 0 Å². The lowest BCUT2D eigenvalue weighted by atomic mass is 10.4. The second-order valence-corrected chi connectivity index (χ2v) is 2.38. The molecule has 0 rings (SSSR count). The van der Waals surface area contributed by atoms with Crippen molar-refractivity contribution in [1.82, 2.24) is 0 Å². The lowest BCUT2D eigenvalue weighted by Crippen LogP contribution is -2.62. The maximum Gasteiger partial charge on any atom is 0.349 e. The zero-order chi connectivity index (χ0) is 8.36. The Kier molecular flexibility index (Phi) is 3.00. The lowest BCUT2D eigenvalue weighted by Gasteiger charge is -2.13. The standard InChI is InChI=1S/C3H5ClO6/c1-2(3(5)6)10-4(7,8)9/h2H,1H3,(H,5,6). The molecule has 60 valence electrons. The molecule has 6 nitrogen and oxygen atoms in total. The quantitative estimate of drug-likeness (QED) is 0.470. The summed E-state index contributed by atoms with van der Waals surface area (Å²) in [5, 5.41) is 8.01. The van der Waals surface area contributed by atoms with Crippen LogP contribution in [0.5, 0.6) is 0 Å². The molecule has 1 N–H and O–H groups in total. The maximum absolute atomic E-state index is 9.84. The molecule has 0 saturated heterocycles. The van der Waals surface area contributed by atoms with Crippen molar-refractivity contribution >= 4 is 5.97 Å². The SMILES string of the molecule is CC(O[Cl+3]([O-])([O-])[O-])C(=O)O. The van der Waals surface area contributed by atoms with Gasteiger partial charge < -0.3 is 5.11 Å². The third-order valence-electron chi connectivity index (χ3n) is 0.591. The average molecular weight is 173 g/mol. The van der Waals surface area contributed by atoms with Crippen LogP contribution in [0, 0.1) is 10.2 Å². The summed E-state index contributed by atoms with van der Waals surface area (Å²) in [7, 11) is -4.64. The van der Waals surface area contributed by atoms with Crippen LogP contribution in [0.4, 0.5) is 0 Å². The Morgan fingerprint density at radius 2 is 2.00 bits per heavy atom. The molecule has 0 spiro atoms. The zero-order valence-corrected chi connectivity index (χ0v) is 5.70. The molecule has 0 aliphatic heterocycles. The maximum atomic E-state index is 9.84. The van der Waals surface area contributed by atoms with Crippen LogP contribution in [0.2, 0.25) is 0 Å². The van der Waals surface area contributed by atoms with Crippen LogP contribution in [0.25, 0.3) is 0 Å². The van der Waals surface area contributed by atoms with Crippen molar-refractivity contribution in [1.29, 1.82) is 0 Å². The largest absolute Gasteiger partial charge is 0.479 e. The topological polar surface area (TPSA) is 116 Å². The molecule has 0 amide bonds. The number of hydrogen-bond donors (Lipinski definition) is 1. The van der Waals surface area contributed by atoms with Gasteiger partial charge in [0.25, 0.3) is 0 Å². The van der Waals surface area contributed by atoms with E-state index in [4.69, 9.17) is 5.11 Å². The summed E-state index contributed by atoms with van der Waals surface area (Å²) in [6.45, 7) is 0.935. The minimum Gasteiger partial charge on any atom is -0.479 e. The van der Waals surface area contributed by atoms with Crippen molar-refractivity contribution in [2.24, 2.45) is 0 Å². The number of halogens is 1. The summed E-state index contributed by atoms with van der Waals surface area (Å²) < 4.78 is 32.5. The van der Waals surface area contributed by atoms with Crippen LogP contribution < -0.4 is 14.0 Å². The summed E-state index contributed by atoms with van der Waals surface area (Å²) in [5.74, 6) is -1.51. The fourth-order valence-electron chi connectivity index (χ4n) is 0.202. The van der Waals surface area contributed by atoms with E-state index in [1.165, 1.54) is 0 Å². The molecule has 0 fully saturated rings. The van der Waals surface area contributed by atoms with Crippen molar-refractivity contribution in [3.63, 3.8) is 0 Å². The van der Waals surface area contributed by atoms with Crippen molar-refractivity contribution in [3.05, 3.63) is 0 Å². The average Bonchev–Trinajstić information content (AvgIpc) is 1.60. The molecule has 0 heterocycles. The van der Waals surface area contributed by atoms with Crippen LogP contribution in [0.15, 0.2) is 0 Å². The summed E-state index contributed by atoms with van der Waals surface area (Å²) in [6, 6.07) is 0. The summed E-state index contributed by atoms with van der Waals surface area (Å²) in [5.41, 5.74) is 0. The van der Waals surface area contributed by atoms with Gasteiger partial charge in [-0.25, -0.2) is 4.79 Å². The Morgan fingerprint density at radius 1 is 1.60 bits per heavy atom. The van der Waals surface area contributed by atoms with E-state index in [1.807, 2.05) is 0 Å². The minimum absolute atomic E-state index is 0.935. The minimum atomic E-state index is -4.64. The number of aliphatic carboxylic acids is 1. The van der Waals surface area contributed by atoms with Gasteiger partial charge in [0.15, 0.2) is 0 Å². The molecule has 0 aliphatic rings. The van der Waals surface area contributed by atoms with Crippen LogP contribution >= 0.6 is 0 Å². The van der Waals surface area contributed by atoms with Gasteiger partial charge in [0.1, 0.15) is 0 Å². The molecular weight excluding hydrogens is 167 g/mol. The van der Waals surface area contributed by atoms with E-state index in [2.05, 4.69) is 4.29 Å². The third-order valence-corrected chi connectivity index (χ3v) is 1.08. The predicted octanol–water partition coefficient (Wildman–Crippen LogP) is -3.63. The van der Waals surface area contributed by atoms with E-state index in [0.717, 1.165) is 6.92 Å². The van der Waals surface area contributed by atoms with Crippen LogP contribution in [-0.4, -0.2) is 17.2 Å². The van der Waals surface area contributed by atoms with Crippen LogP contribution in [-0.2, 0) is 9.08 Å². The second kappa shape index (κ2) is 3.13. The lowest BCUT2D eigenvalue weighted by molar-refractivity contribution is -1.92. The van der Waals surface area contributed by atoms with Crippen LogP contribution in [0.1, 0.15) is 6.92 Å². The fraction of sp³-hybridized carbons (Fsp3) is 0.667. The molecule has 0 aromatic rings. The van der Waals surface area contributed by atoms with Gasteiger partial charge in [0.05, 0.1) is 14.5 Å². The van der Waals surface area contributed by atoms with E-state index in [-0.39, 0.29) is 0 Å². The van der Waals surface area contributed by atoms with Gasteiger partial charge in [-0.3, -0.25) is 0 Å². The Morgan fingerprint density at radius 3 is 2.10 bits per heavy atom. The third kappa shape index (κ3) is 4.48. The highest BCUT2D eigenvalue weighted by Gasteiger charge is 2.30. The molecule has 1 unspecified atom stereocenters. The monoisotopic (exact) mass is 172 g/mol. The molecule has 0 radical (unpaired) electrons. The Balaban J connectivity index is 3.80. The number of carboxylic acids is 1. The van der Waals surface area contributed by atoms with Crippen molar-refractivity contribution in [2.45, 2.75) is 13.0 Å². The molecule has 1 atom stereocenters. The molecule has 7 heteroatoms. The van der Waals surface area contributed by atoms with E-state index in [0.29, 0.717) is 0 Å². The Bertz CT molecular complexity index is 127. The highest BCUT2D eigenvalue weighted by Crippen LogP contribution is 1.96. The first-order valence-corrected chi connectivity index (χ1v) is 3.38. The van der Waals surface area contributed by atoms with E-state index in [1.54, 1.807) is 0 Å². The molecular formula is C3H5ClO6. The normalized spacial score (nSPS) is 14.8. The van der Waals surface area contributed by atoms with Gasteiger partial charge >= 0.3 is 12.1 Å². The number of rotatable bonds is 3. The van der Waals surface area contributed by atoms with Gasteiger partial charge in [-0.15, -0.1) is 0 Å². The summed E-state index contributed by atoms with van der Waals surface area (Å²) >= 11 is 0. The number of carbonyl (C=O) groups is 1. The first kappa shape index (κ1) is 9.60. The Labute approximate surface area is 58.4 Å². The smallest absolute Gasteiger partial charge is 0.349 e. The Hall–Kier alpha value is -0.400. The first-order valence-electron chi connectivity index (χ1n) is 2.15. The molecule has 0 saturated carbocycles. The van der Waals surface area contributed by atoms with Crippen molar-refractivity contribution in [2.75, 3.05) is 0 Å². The molecule has 0 aliphatic carbocycles. The van der Waals surface area contributed by atoms with E-state index in [9.17, 15) is 18.8 Å². The molecule has 0 aromatic carbocycles. The molecule has 0 bridgehead atoms. The fourth-order valence-corrected chi connectivity index (χ4v) is 0.605. The predicted molar refractivity (Wildman–Crippen MR) is 18.2 cm³/mol. The first-order chi connectivity index (χ1) is 4.33. The number of hydrogen-bond acceptors (Lipinski definition) is 5. The molecule has 10 heavy (non-hydrogen) atoms. The van der Waals surface area contributed by atoms with Crippen molar-refractivity contribution < 1.29 is 38.4 Å². The number of carboxylic acid groups (broad SMARTS) is 1. The highest BCUT2D eigenvalue weighted by molar-refractivity contribution is 5.71. The van der Waals surface area contributed by atoms with Gasteiger partial charge in [0, 0.05) is 0 Å². The van der Waals surface area contributed by atoms with Gasteiger partial charge in [-0.1, -0.05) is 0 Å². The van der Waals surface area contributed by atoms with Gasteiger partial charge in [-0.2, -0.15) is 14.0 Å². The second-order valence-electron chi connectivity index (χ2n) is 1.45. The summed E-state index contributed by atoms with van der Waals surface area (Å²) in [4.78, 5) is 9.84. The van der Waals surface area contributed by atoms with E-state index >= 15 is 0 Å². The van der Waals surface area contributed by atoms with Gasteiger partial charge in [0.2, 0.25) is 0 Å². The zero-order valence-electron chi connectivity index (χ0n) is 4.94. The van der Waals surface area contributed by atoms with E-state index < -0.39 is 22.3 Å². The van der Waals surface area contributed by atoms with Crippen molar-refractivity contribution in [3.8, 4) is 0 Å². The summed E-state index contributed by atoms with van der Waals surface area (Å²) in [6.07, 6.45) is -1.64. The van der Waals surface area contributed by atoms with Gasteiger partial charge in [-0.05, 0) is 6.92 Å². The molecule has 0 aromatic heterocycles. The highest BCUT2D eigenvalue weighted by atomic mass is 35.7.